The van der Waals surface area contributed by atoms with Gasteiger partial charge in [-0.1, -0.05) is 29.8 Å². The number of sulfonamides is 1. The minimum atomic E-state index is -3.29. The van der Waals surface area contributed by atoms with Gasteiger partial charge in [-0.2, -0.15) is 0 Å². The van der Waals surface area contributed by atoms with E-state index in [0.717, 1.165) is 4.47 Å². The van der Waals surface area contributed by atoms with Crippen LogP contribution in [-0.2, 0) is 14.8 Å². The summed E-state index contributed by atoms with van der Waals surface area (Å²) in [6, 6.07) is 7.23. The Morgan fingerprint density at radius 1 is 1.29 bits per heavy atom. The van der Waals surface area contributed by atoms with Crippen LogP contribution in [0.3, 0.4) is 0 Å². The smallest absolute Gasteiger partial charge is 0.225 e. The second-order valence-corrected chi connectivity index (χ2v) is 8.22. The van der Waals surface area contributed by atoms with Crippen LogP contribution in [-0.4, -0.2) is 38.0 Å². The lowest BCUT2D eigenvalue weighted by Crippen LogP contribution is -2.35. The maximum atomic E-state index is 11.9. The minimum absolute atomic E-state index is 0.135. The first kappa shape index (κ1) is 18.1. The molecule has 21 heavy (non-hydrogen) atoms. The fourth-order valence-corrected chi connectivity index (χ4v) is 3.04. The number of amides is 1. The maximum absolute atomic E-state index is 11.9. The van der Waals surface area contributed by atoms with Gasteiger partial charge < -0.3 is 5.32 Å². The Labute approximate surface area is 134 Å². The molecule has 0 aromatic heterocycles. The van der Waals surface area contributed by atoms with Crippen molar-refractivity contribution in [1.82, 2.24) is 4.31 Å². The SMILES string of the molecule is CC(C)CN(CCC(=O)Nc1ccc(Br)cc1)S(C)(=O)=O. The molecule has 1 N–H and O–H groups in total. The minimum Gasteiger partial charge on any atom is -0.326 e. The summed E-state index contributed by atoms with van der Waals surface area (Å²) >= 11 is 3.32. The van der Waals surface area contributed by atoms with Gasteiger partial charge in [-0.25, -0.2) is 12.7 Å². The Morgan fingerprint density at radius 3 is 2.33 bits per heavy atom. The molecule has 7 heteroatoms. The lowest BCUT2D eigenvalue weighted by Gasteiger charge is -2.21. The third-order valence-electron chi connectivity index (χ3n) is 2.75. The lowest BCUT2D eigenvalue weighted by atomic mass is 10.2. The summed E-state index contributed by atoms with van der Waals surface area (Å²) in [4.78, 5) is 11.9. The predicted octanol–water partition coefficient (Wildman–Crippen LogP) is 2.70. The van der Waals surface area contributed by atoms with Crippen molar-refractivity contribution in [2.45, 2.75) is 20.3 Å². The topological polar surface area (TPSA) is 66.5 Å². The number of anilines is 1. The fraction of sp³-hybridized carbons (Fsp3) is 0.500. The quantitative estimate of drug-likeness (QED) is 0.795. The van der Waals surface area contributed by atoms with E-state index >= 15 is 0 Å². The zero-order chi connectivity index (χ0) is 16.0. The first-order valence-corrected chi connectivity index (χ1v) is 9.33. The van der Waals surface area contributed by atoms with Crippen molar-refractivity contribution in [2.24, 2.45) is 5.92 Å². The molecule has 1 aromatic rings. The van der Waals surface area contributed by atoms with E-state index in [2.05, 4.69) is 21.2 Å². The first-order valence-electron chi connectivity index (χ1n) is 6.69. The molecule has 0 radical (unpaired) electrons. The summed E-state index contributed by atoms with van der Waals surface area (Å²) in [5.74, 6) is 0.0176. The third kappa shape index (κ3) is 7.06. The van der Waals surface area contributed by atoms with Crippen molar-refractivity contribution < 1.29 is 13.2 Å². The second kappa shape index (κ2) is 7.91. The lowest BCUT2D eigenvalue weighted by molar-refractivity contribution is -0.116. The summed E-state index contributed by atoms with van der Waals surface area (Å²) in [5.41, 5.74) is 0.693. The van der Waals surface area contributed by atoms with Gasteiger partial charge in [0.2, 0.25) is 15.9 Å². The third-order valence-corrected chi connectivity index (χ3v) is 4.55. The van der Waals surface area contributed by atoms with Gasteiger partial charge in [-0.15, -0.1) is 0 Å². The number of rotatable bonds is 7. The molecule has 5 nitrogen and oxygen atoms in total. The molecule has 0 saturated carbocycles. The first-order chi connectivity index (χ1) is 9.68. The molecule has 0 heterocycles. The van der Waals surface area contributed by atoms with Gasteiger partial charge >= 0.3 is 0 Å². The highest BCUT2D eigenvalue weighted by Crippen LogP contribution is 2.14. The molecule has 0 saturated heterocycles. The van der Waals surface area contributed by atoms with Crippen molar-refractivity contribution >= 4 is 37.5 Å². The van der Waals surface area contributed by atoms with E-state index in [-0.39, 0.29) is 24.8 Å². The van der Waals surface area contributed by atoms with Crippen LogP contribution >= 0.6 is 15.9 Å². The zero-order valence-electron chi connectivity index (χ0n) is 12.5. The van der Waals surface area contributed by atoms with Crippen LogP contribution in [0.15, 0.2) is 28.7 Å². The van der Waals surface area contributed by atoms with Crippen molar-refractivity contribution in [1.29, 1.82) is 0 Å². The van der Waals surface area contributed by atoms with Crippen molar-refractivity contribution in [3.8, 4) is 0 Å². The number of halogens is 1. The molecule has 0 aliphatic carbocycles. The van der Waals surface area contributed by atoms with Gasteiger partial charge in [-0.05, 0) is 30.2 Å². The van der Waals surface area contributed by atoms with Crippen LogP contribution in [0.4, 0.5) is 5.69 Å². The Morgan fingerprint density at radius 2 is 1.86 bits per heavy atom. The zero-order valence-corrected chi connectivity index (χ0v) is 14.9. The number of nitrogens with zero attached hydrogens (tertiary/aromatic N) is 1. The van der Waals surface area contributed by atoms with Crippen LogP contribution in [0.5, 0.6) is 0 Å². The van der Waals surface area contributed by atoms with E-state index in [1.54, 1.807) is 12.1 Å². The summed E-state index contributed by atoms with van der Waals surface area (Å²) in [7, 11) is -3.29. The molecular weight excluding hydrogens is 356 g/mol. The van der Waals surface area contributed by atoms with E-state index in [0.29, 0.717) is 12.2 Å². The Hall–Kier alpha value is -0.920. The summed E-state index contributed by atoms with van der Waals surface area (Å²) < 4.78 is 25.6. The van der Waals surface area contributed by atoms with Crippen molar-refractivity contribution in [2.75, 3.05) is 24.7 Å². The molecule has 0 aliphatic rings. The van der Waals surface area contributed by atoms with Crippen LogP contribution in [0.1, 0.15) is 20.3 Å². The fourth-order valence-electron chi connectivity index (χ4n) is 1.78. The normalized spacial score (nSPS) is 11.9. The van der Waals surface area contributed by atoms with Gasteiger partial charge in [0.15, 0.2) is 0 Å². The monoisotopic (exact) mass is 376 g/mol. The number of hydrogen-bond acceptors (Lipinski definition) is 3. The molecule has 118 valence electrons. The summed E-state index contributed by atoms with van der Waals surface area (Å²) in [6.45, 7) is 4.50. The maximum Gasteiger partial charge on any atom is 0.225 e. The Balaban J connectivity index is 2.55. The molecule has 0 bridgehead atoms. The van der Waals surface area contributed by atoms with E-state index < -0.39 is 10.0 Å². The Kier molecular flexibility index (Phi) is 6.83. The van der Waals surface area contributed by atoms with Crippen molar-refractivity contribution in [3.63, 3.8) is 0 Å². The average molecular weight is 377 g/mol. The number of carbonyl (C=O) groups is 1. The van der Waals surface area contributed by atoms with Crippen LogP contribution in [0.2, 0.25) is 0 Å². The molecule has 1 aromatic carbocycles. The standard InChI is InChI=1S/C14H21BrN2O3S/c1-11(2)10-17(21(3,19)20)9-8-14(18)16-13-6-4-12(15)5-7-13/h4-7,11H,8-10H2,1-3H3,(H,16,18). The molecule has 1 amide bonds. The largest absolute Gasteiger partial charge is 0.326 e. The highest BCUT2D eigenvalue weighted by molar-refractivity contribution is 9.10. The summed E-state index contributed by atoms with van der Waals surface area (Å²) in [5, 5.41) is 2.75. The Bertz CT molecular complexity index is 570. The van der Waals surface area contributed by atoms with Crippen LogP contribution in [0.25, 0.3) is 0 Å². The molecular formula is C14H21BrN2O3S. The average Bonchev–Trinajstić information content (AvgIpc) is 2.35. The van der Waals surface area contributed by atoms with E-state index in [9.17, 15) is 13.2 Å². The van der Waals surface area contributed by atoms with Gasteiger partial charge in [0.05, 0.1) is 6.26 Å². The van der Waals surface area contributed by atoms with Crippen molar-refractivity contribution in [3.05, 3.63) is 28.7 Å². The highest BCUT2D eigenvalue weighted by atomic mass is 79.9. The molecule has 0 spiro atoms. The molecule has 0 fully saturated rings. The van der Waals surface area contributed by atoms with Gasteiger partial charge in [0.25, 0.3) is 0 Å². The molecule has 0 atom stereocenters. The van der Waals surface area contributed by atoms with Gasteiger partial charge in [-0.3, -0.25) is 4.79 Å². The van der Waals surface area contributed by atoms with Gasteiger partial charge in [0.1, 0.15) is 0 Å². The van der Waals surface area contributed by atoms with Crippen LogP contribution in [0, 0.1) is 5.92 Å². The van der Waals surface area contributed by atoms with Crippen LogP contribution < -0.4 is 5.32 Å². The number of hydrogen-bond donors (Lipinski definition) is 1. The van der Waals surface area contributed by atoms with Gasteiger partial charge in [0, 0.05) is 29.7 Å². The second-order valence-electron chi connectivity index (χ2n) is 5.32. The summed E-state index contributed by atoms with van der Waals surface area (Å²) in [6.07, 6.45) is 1.30. The predicted molar refractivity (Wildman–Crippen MR) is 88.6 cm³/mol. The van der Waals surface area contributed by atoms with E-state index in [1.807, 2.05) is 26.0 Å². The number of benzene rings is 1. The molecule has 0 aliphatic heterocycles. The highest BCUT2D eigenvalue weighted by Gasteiger charge is 2.18. The number of carbonyl (C=O) groups excluding carboxylic acids is 1. The number of nitrogens with one attached hydrogen (secondary N) is 1. The molecule has 0 unspecified atom stereocenters. The molecule has 1 rings (SSSR count). The van der Waals surface area contributed by atoms with E-state index in [4.69, 9.17) is 0 Å². The van der Waals surface area contributed by atoms with E-state index in [1.165, 1.54) is 10.6 Å².